The van der Waals surface area contributed by atoms with Crippen LogP contribution >= 0.6 is 0 Å². The molecule has 0 radical (unpaired) electrons. The lowest BCUT2D eigenvalue weighted by Gasteiger charge is -2.45. The third kappa shape index (κ3) is 1.92. The van der Waals surface area contributed by atoms with Gasteiger partial charge in [-0.15, -0.1) is 0 Å². The average molecular weight is 294 g/mol. The Hall–Kier alpha value is -0.570. The Morgan fingerprint density at radius 3 is 2.38 bits per heavy atom. The van der Waals surface area contributed by atoms with Crippen molar-refractivity contribution in [2.45, 2.75) is 84.3 Å². The molecule has 1 N–H and O–H groups in total. The molecule has 0 heterocycles. The van der Waals surface area contributed by atoms with Crippen molar-refractivity contribution >= 4 is 5.97 Å². The molecule has 3 rings (SSSR count). The Bertz CT molecular complexity index is 460. The zero-order valence-electron chi connectivity index (χ0n) is 14.2. The lowest BCUT2D eigenvalue weighted by molar-refractivity contribution is -0.205. The van der Waals surface area contributed by atoms with E-state index in [9.17, 15) is 9.90 Å². The summed E-state index contributed by atoms with van der Waals surface area (Å²) in [6, 6.07) is 0. The van der Waals surface area contributed by atoms with E-state index in [1.165, 1.54) is 6.42 Å². The second-order valence-electron chi connectivity index (χ2n) is 9.27. The maximum Gasteiger partial charge on any atom is 0.312 e. The molecule has 21 heavy (non-hydrogen) atoms. The van der Waals surface area contributed by atoms with Crippen LogP contribution in [0.4, 0.5) is 0 Å². The minimum Gasteiger partial charge on any atom is -0.455 e. The fourth-order valence-corrected chi connectivity index (χ4v) is 4.69. The first-order chi connectivity index (χ1) is 9.52. The van der Waals surface area contributed by atoms with E-state index in [4.69, 9.17) is 4.74 Å². The minimum atomic E-state index is -0.761. The van der Waals surface area contributed by atoms with Crippen molar-refractivity contribution in [1.29, 1.82) is 0 Å². The number of carbonyl (C=O) groups excluding carboxylic acids is 1. The normalized spacial score (nSPS) is 42.2. The fourth-order valence-electron chi connectivity index (χ4n) is 4.69. The summed E-state index contributed by atoms with van der Waals surface area (Å²) in [5.41, 5.74) is -2.06. The van der Waals surface area contributed by atoms with Gasteiger partial charge >= 0.3 is 5.97 Å². The van der Waals surface area contributed by atoms with E-state index in [1.807, 2.05) is 13.8 Å². The van der Waals surface area contributed by atoms with Crippen LogP contribution in [0.1, 0.15) is 73.1 Å². The summed E-state index contributed by atoms with van der Waals surface area (Å²) in [7, 11) is 0. The number of carbonyl (C=O) groups is 1. The largest absolute Gasteiger partial charge is 0.455 e. The number of esters is 1. The highest BCUT2D eigenvalue weighted by Gasteiger charge is 2.69. The minimum absolute atomic E-state index is 0.136. The van der Waals surface area contributed by atoms with E-state index in [2.05, 4.69) is 20.8 Å². The molecule has 3 fully saturated rings. The third-order valence-electron chi connectivity index (χ3n) is 7.16. The van der Waals surface area contributed by atoms with Crippen LogP contribution in [-0.4, -0.2) is 22.3 Å². The molecule has 4 atom stereocenters. The SMILES string of the molecule is CC(C)(C)C(C)(C)C(=O)OC12CC3CCC1CCC2(O)C3. The molecule has 0 spiro atoms. The summed E-state index contributed by atoms with van der Waals surface area (Å²) in [6.45, 7) is 10.2. The molecule has 2 bridgehead atoms. The Kier molecular flexibility index (Phi) is 3.10. The highest BCUT2D eigenvalue weighted by molar-refractivity contribution is 5.77. The van der Waals surface area contributed by atoms with Gasteiger partial charge in [0.25, 0.3) is 0 Å². The third-order valence-corrected chi connectivity index (χ3v) is 7.16. The van der Waals surface area contributed by atoms with Crippen molar-refractivity contribution < 1.29 is 14.6 Å². The smallest absolute Gasteiger partial charge is 0.312 e. The van der Waals surface area contributed by atoms with Crippen molar-refractivity contribution in [3.63, 3.8) is 0 Å². The molecule has 3 saturated carbocycles. The fraction of sp³-hybridized carbons (Fsp3) is 0.944. The van der Waals surface area contributed by atoms with Crippen molar-refractivity contribution in [1.82, 2.24) is 0 Å². The number of aliphatic hydroxyl groups is 1. The lowest BCUT2D eigenvalue weighted by atomic mass is 9.69. The molecular weight excluding hydrogens is 264 g/mol. The molecular formula is C18H30O3. The van der Waals surface area contributed by atoms with Crippen LogP contribution in [0.25, 0.3) is 0 Å². The molecule has 120 valence electrons. The van der Waals surface area contributed by atoms with Crippen molar-refractivity contribution in [2.75, 3.05) is 0 Å². The molecule has 0 aliphatic heterocycles. The van der Waals surface area contributed by atoms with Gasteiger partial charge in [-0.05, 0) is 63.7 Å². The number of hydrogen-bond acceptors (Lipinski definition) is 3. The topological polar surface area (TPSA) is 46.5 Å². The molecule has 3 aliphatic carbocycles. The maximum atomic E-state index is 12.9. The van der Waals surface area contributed by atoms with Gasteiger partial charge in [-0.3, -0.25) is 4.79 Å². The standard InChI is InChI=1S/C18H30O3/c1-15(2,3)16(4,5)14(19)21-18-11-12-6-7-13(18)8-9-17(18,20)10-12/h12-13,20H,6-11H2,1-5H3. The molecule has 3 nitrogen and oxygen atoms in total. The zero-order valence-corrected chi connectivity index (χ0v) is 14.2. The van der Waals surface area contributed by atoms with Gasteiger partial charge in [-0.25, -0.2) is 0 Å². The van der Waals surface area contributed by atoms with Gasteiger partial charge in [0.1, 0.15) is 11.2 Å². The average Bonchev–Trinajstić information content (AvgIpc) is 2.71. The van der Waals surface area contributed by atoms with Gasteiger partial charge in [0, 0.05) is 5.92 Å². The summed E-state index contributed by atoms with van der Waals surface area (Å²) < 4.78 is 6.16. The summed E-state index contributed by atoms with van der Waals surface area (Å²) in [6.07, 6.45) is 5.81. The van der Waals surface area contributed by atoms with Crippen molar-refractivity contribution in [3.05, 3.63) is 0 Å². The molecule has 0 amide bonds. The van der Waals surface area contributed by atoms with Crippen LogP contribution in [0, 0.1) is 22.7 Å². The van der Waals surface area contributed by atoms with Crippen molar-refractivity contribution in [3.8, 4) is 0 Å². The number of hydrogen-bond donors (Lipinski definition) is 1. The van der Waals surface area contributed by atoms with Crippen LogP contribution in [-0.2, 0) is 9.53 Å². The van der Waals surface area contributed by atoms with E-state index in [0.29, 0.717) is 11.8 Å². The first-order valence-electron chi connectivity index (χ1n) is 8.48. The van der Waals surface area contributed by atoms with Crippen LogP contribution in [0.3, 0.4) is 0 Å². The quantitative estimate of drug-likeness (QED) is 0.790. The molecule has 0 aromatic carbocycles. The molecule has 0 aromatic heterocycles. The summed E-state index contributed by atoms with van der Waals surface area (Å²) in [5, 5.41) is 11.1. The summed E-state index contributed by atoms with van der Waals surface area (Å²) in [5.74, 6) is 0.765. The molecule has 3 aliphatic rings. The van der Waals surface area contributed by atoms with E-state index < -0.39 is 16.6 Å². The number of ether oxygens (including phenoxy) is 1. The van der Waals surface area contributed by atoms with Gasteiger partial charge in [-0.1, -0.05) is 20.8 Å². The Morgan fingerprint density at radius 2 is 1.76 bits per heavy atom. The lowest BCUT2D eigenvalue weighted by Crippen LogP contribution is -2.55. The molecule has 4 unspecified atom stereocenters. The highest BCUT2D eigenvalue weighted by atomic mass is 16.6. The Labute approximate surface area is 128 Å². The molecule has 3 heteroatoms. The number of fused-ring (bicyclic) bond motifs is 1. The second-order valence-corrected chi connectivity index (χ2v) is 9.27. The first kappa shape index (κ1) is 15.3. The first-order valence-corrected chi connectivity index (χ1v) is 8.48. The van der Waals surface area contributed by atoms with Crippen LogP contribution in [0.15, 0.2) is 0 Å². The van der Waals surface area contributed by atoms with Crippen LogP contribution < -0.4 is 0 Å². The van der Waals surface area contributed by atoms with Gasteiger partial charge in [-0.2, -0.15) is 0 Å². The second kappa shape index (κ2) is 4.24. The monoisotopic (exact) mass is 294 g/mol. The predicted octanol–water partition coefficient (Wildman–Crippen LogP) is 3.69. The molecule has 0 saturated heterocycles. The number of rotatable bonds is 2. The van der Waals surface area contributed by atoms with Gasteiger partial charge < -0.3 is 9.84 Å². The molecule has 0 aromatic rings. The van der Waals surface area contributed by atoms with Crippen LogP contribution in [0.5, 0.6) is 0 Å². The van der Waals surface area contributed by atoms with Crippen LogP contribution in [0.2, 0.25) is 0 Å². The van der Waals surface area contributed by atoms with E-state index >= 15 is 0 Å². The Balaban J connectivity index is 1.89. The zero-order chi connectivity index (χ0) is 15.7. The van der Waals surface area contributed by atoms with Gasteiger partial charge in [0.2, 0.25) is 0 Å². The van der Waals surface area contributed by atoms with E-state index in [-0.39, 0.29) is 11.4 Å². The predicted molar refractivity (Wildman–Crippen MR) is 81.7 cm³/mol. The van der Waals surface area contributed by atoms with Gasteiger partial charge in [0.05, 0.1) is 5.41 Å². The summed E-state index contributed by atoms with van der Waals surface area (Å²) in [4.78, 5) is 12.9. The van der Waals surface area contributed by atoms with E-state index in [0.717, 1.165) is 32.1 Å². The highest BCUT2D eigenvalue weighted by Crippen LogP contribution is 2.63. The van der Waals surface area contributed by atoms with Crippen molar-refractivity contribution in [2.24, 2.45) is 22.7 Å². The van der Waals surface area contributed by atoms with E-state index in [1.54, 1.807) is 0 Å². The maximum absolute atomic E-state index is 12.9. The summed E-state index contributed by atoms with van der Waals surface area (Å²) >= 11 is 0. The van der Waals surface area contributed by atoms with Gasteiger partial charge in [0.15, 0.2) is 0 Å². The Morgan fingerprint density at radius 1 is 1.10 bits per heavy atom.